The van der Waals surface area contributed by atoms with Crippen LogP contribution in [-0.2, 0) is 4.74 Å². The third kappa shape index (κ3) is 7.75. The average molecular weight is 290 g/mol. The van der Waals surface area contributed by atoms with E-state index in [1.165, 1.54) is 0 Å². The number of benzene rings is 1. The summed E-state index contributed by atoms with van der Waals surface area (Å²) in [5.74, 6) is 7.47. The Kier molecular flexibility index (Phi) is 8.57. The molecule has 0 heterocycles. The van der Waals surface area contributed by atoms with Gasteiger partial charge in [-0.25, -0.2) is 0 Å². The number of hydrogen-bond donors (Lipinski definition) is 1. The average Bonchev–Trinajstić information content (AvgIpc) is 2.44. The molecule has 21 heavy (non-hydrogen) atoms. The van der Waals surface area contributed by atoms with Crippen LogP contribution in [0.4, 0.5) is 0 Å². The highest BCUT2D eigenvalue weighted by atomic mass is 16.5. The van der Waals surface area contributed by atoms with Gasteiger partial charge in [0.05, 0.1) is 13.2 Å². The molecule has 0 radical (unpaired) electrons. The third-order valence-electron chi connectivity index (χ3n) is 2.97. The monoisotopic (exact) mass is 290 g/mol. The topological polar surface area (TPSA) is 38.7 Å². The minimum Gasteiger partial charge on any atom is -0.491 e. The zero-order valence-electron chi connectivity index (χ0n) is 13.3. The Balaban J connectivity index is 2.34. The maximum absolute atomic E-state index is 8.70. The highest BCUT2D eigenvalue weighted by Crippen LogP contribution is 2.18. The summed E-state index contributed by atoms with van der Waals surface area (Å²) >= 11 is 0. The van der Waals surface area contributed by atoms with Crippen molar-refractivity contribution in [2.75, 3.05) is 26.4 Å². The third-order valence-corrected chi connectivity index (χ3v) is 2.97. The standard InChI is InChI=1S/C18H26O3/c1-15(2)9-11-20-12-13-21-18-8-7-17(14-16(18)3)6-4-5-10-19/h7-8,14-15,19H,5,9-13H2,1-3H3. The van der Waals surface area contributed by atoms with Gasteiger partial charge in [0, 0.05) is 18.6 Å². The first kappa shape index (κ1) is 17.6. The second kappa shape index (κ2) is 10.3. The van der Waals surface area contributed by atoms with Crippen LogP contribution in [0.3, 0.4) is 0 Å². The molecule has 3 heteroatoms. The van der Waals surface area contributed by atoms with Gasteiger partial charge in [0.1, 0.15) is 12.4 Å². The Morgan fingerprint density at radius 1 is 1.19 bits per heavy atom. The van der Waals surface area contributed by atoms with Gasteiger partial charge in [0.2, 0.25) is 0 Å². The summed E-state index contributed by atoms with van der Waals surface area (Å²) in [5, 5.41) is 8.70. The molecule has 116 valence electrons. The first-order valence-electron chi connectivity index (χ1n) is 7.54. The summed E-state index contributed by atoms with van der Waals surface area (Å²) in [6.45, 7) is 8.46. The molecule has 1 N–H and O–H groups in total. The largest absolute Gasteiger partial charge is 0.491 e. The molecule has 0 saturated heterocycles. The predicted octanol–water partition coefficient (Wildman–Crippen LogP) is 3.17. The molecule has 0 amide bonds. The first-order valence-corrected chi connectivity index (χ1v) is 7.54. The van der Waals surface area contributed by atoms with Crippen molar-refractivity contribution in [2.24, 2.45) is 5.92 Å². The van der Waals surface area contributed by atoms with Gasteiger partial charge in [-0.3, -0.25) is 0 Å². The first-order chi connectivity index (χ1) is 10.1. The summed E-state index contributed by atoms with van der Waals surface area (Å²) < 4.78 is 11.2. The van der Waals surface area contributed by atoms with Gasteiger partial charge in [-0.2, -0.15) is 0 Å². The Bertz CT molecular complexity index is 469. The quantitative estimate of drug-likeness (QED) is 0.590. The van der Waals surface area contributed by atoms with Crippen LogP contribution in [0, 0.1) is 24.7 Å². The molecular formula is C18H26O3. The summed E-state index contributed by atoms with van der Waals surface area (Å²) in [6.07, 6.45) is 1.59. The number of hydrogen-bond acceptors (Lipinski definition) is 3. The minimum absolute atomic E-state index is 0.101. The van der Waals surface area contributed by atoms with E-state index in [4.69, 9.17) is 14.6 Å². The number of aryl methyl sites for hydroxylation is 1. The van der Waals surface area contributed by atoms with Crippen LogP contribution in [-0.4, -0.2) is 31.5 Å². The van der Waals surface area contributed by atoms with Crippen LogP contribution in [0.15, 0.2) is 18.2 Å². The Labute approximate surface area is 128 Å². The Morgan fingerprint density at radius 3 is 2.67 bits per heavy atom. The van der Waals surface area contributed by atoms with Crippen molar-refractivity contribution in [3.05, 3.63) is 29.3 Å². The molecular weight excluding hydrogens is 264 g/mol. The van der Waals surface area contributed by atoms with Gasteiger partial charge in [0.15, 0.2) is 0 Å². The Hall–Kier alpha value is -1.50. The summed E-state index contributed by atoms with van der Waals surface area (Å²) in [4.78, 5) is 0. The zero-order valence-corrected chi connectivity index (χ0v) is 13.3. The van der Waals surface area contributed by atoms with Crippen molar-refractivity contribution >= 4 is 0 Å². The fourth-order valence-corrected chi connectivity index (χ4v) is 1.74. The Morgan fingerprint density at radius 2 is 2.00 bits per heavy atom. The molecule has 0 aromatic heterocycles. The number of ether oxygens (including phenoxy) is 2. The maximum Gasteiger partial charge on any atom is 0.122 e. The lowest BCUT2D eigenvalue weighted by atomic mass is 10.1. The molecule has 0 spiro atoms. The summed E-state index contributed by atoms with van der Waals surface area (Å²) in [6, 6.07) is 5.87. The van der Waals surface area contributed by atoms with Gasteiger partial charge in [-0.15, -0.1) is 0 Å². The second-order valence-corrected chi connectivity index (χ2v) is 5.40. The molecule has 0 atom stereocenters. The molecule has 0 aliphatic carbocycles. The smallest absolute Gasteiger partial charge is 0.122 e. The van der Waals surface area contributed by atoms with Crippen molar-refractivity contribution < 1.29 is 14.6 Å². The highest BCUT2D eigenvalue weighted by Gasteiger charge is 2.00. The van der Waals surface area contributed by atoms with Crippen molar-refractivity contribution in [3.8, 4) is 17.6 Å². The highest BCUT2D eigenvalue weighted by molar-refractivity contribution is 5.43. The van der Waals surface area contributed by atoms with E-state index in [1.807, 2.05) is 25.1 Å². The van der Waals surface area contributed by atoms with Crippen molar-refractivity contribution in [2.45, 2.75) is 33.6 Å². The molecule has 0 aliphatic heterocycles. The molecule has 0 saturated carbocycles. The molecule has 0 aliphatic rings. The summed E-state index contributed by atoms with van der Waals surface area (Å²) in [7, 11) is 0. The van der Waals surface area contributed by atoms with Crippen molar-refractivity contribution in [1.82, 2.24) is 0 Å². The van der Waals surface area contributed by atoms with E-state index >= 15 is 0 Å². The van der Waals surface area contributed by atoms with Crippen LogP contribution in [0.25, 0.3) is 0 Å². The van der Waals surface area contributed by atoms with Crippen molar-refractivity contribution in [1.29, 1.82) is 0 Å². The van der Waals surface area contributed by atoms with Crippen LogP contribution < -0.4 is 4.74 Å². The van der Waals surface area contributed by atoms with Crippen molar-refractivity contribution in [3.63, 3.8) is 0 Å². The van der Waals surface area contributed by atoms with E-state index < -0.39 is 0 Å². The maximum atomic E-state index is 8.70. The van der Waals surface area contributed by atoms with Crippen LogP contribution >= 0.6 is 0 Å². The molecule has 1 aromatic rings. The number of rotatable bonds is 8. The lowest BCUT2D eigenvalue weighted by Crippen LogP contribution is -2.09. The van der Waals surface area contributed by atoms with Gasteiger partial charge < -0.3 is 14.6 Å². The van der Waals surface area contributed by atoms with E-state index in [1.54, 1.807) is 0 Å². The van der Waals surface area contributed by atoms with Crippen LogP contribution in [0.2, 0.25) is 0 Å². The SMILES string of the molecule is Cc1cc(C#CCCO)ccc1OCCOCCC(C)C. The van der Waals surface area contributed by atoms with E-state index in [2.05, 4.69) is 25.7 Å². The van der Waals surface area contributed by atoms with Crippen LogP contribution in [0.1, 0.15) is 37.8 Å². The van der Waals surface area contributed by atoms with Gasteiger partial charge in [0.25, 0.3) is 0 Å². The zero-order chi connectivity index (χ0) is 15.5. The fourth-order valence-electron chi connectivity index (χ4n) is 1.74. The lowest BCUT2D eigenvalue weighted by molar-refractivity contribution is 0.0924. The van der Waals surface area contributed by atoms with Gasteiger partial charge in [-0.1, -0.05) is 25.7 Å². The van der Waals surface area contributed by atoms with E-state index in [0.717, 1.165) is 29.9 Å². The molecule has 1 rings (SSSR count). The molecule has 0 fully saturated rings. The lowest BCUT2D eigenvalue weighted by Gasteiger charge is -2.10. The minimum atomic E-state index is 0.101. The van der Waals surface area contributed by atoms with Crippen LogP contribution in [0.5, 0.6) is 5.75 Å². The van der Waals surface area contributed by atoms with Gasteiger partial charge >= 0.3 is 0 Å². The van der Waals surface area contributed by atoms with E-state index in [0.29, 0.717) is 25.6 Å². The van der Waals surface area contributed by atoms with E-state index in [9.17, 15) is 0 Å². The van der Waals surface area contributed by atoms with E-state index in [-0.39, 0.29) is 6.61 Å². The number of aliphatic hydroxyl groups is 1. The molecule has 3 nitrogen and oxygen atoms in total. The second-order valence-electron chi connectivity index (χ2n) is 5.40. The molecule has 0 bridgehead atoms. The summed E-state index contributed by atoms with van der Waals surface area (Å²) in [5.41, 5.74) is 2.01. The van der Waals surface area contributed by atoms with Gasteiger partial charge in [-0.05, 0) is 43.0 Å². The number of aliphatic hydroxyl groups excluding tert-OH is 1. The fraction of sp³-hybridized carbons (Fsp3) is 0.556. The molecule has 0 unspecified atom stereocenters. The normalized spacial score (nSPS) is 10.3. The predicted molar refractivity (Wildman–Crippen MR) is 85.5 cm³/mol. The molecule has 1 aromatic carbocycles.